The summed E-state index contributed by atoms with van der Waals surface area (Å²) in [5, 5.41) is 4.10. The lowest BCUT2D eigenvalue weighted by Crippen LogP contribution is -2.40. The predicted molar refractivity (Wildman–Crippen MR) is 82.4 cm³/mol. The lowest BCUT2D eigenvalue weighted by Gasteiger charge is -2.34. The van der Waals surface area contributed by atoms with Crippen LogP contribution in [0.25, 0.3) is 0 Å². The molecule has 2 aliphatic heterocycles. The maximum Gasteiger partial charge on any atom is 0.244 e. The molecule has 1 aromatic heterocycles. The zero-order valence-electron chi connectivity index (χ0n) is 13.6. The zero-order valence-corrected chi connectivity index (χ0v) is 13.6. The Morgan fingerprint density at radius 3 is 2.77 bits per heavy atom. The quantitative estimate of drug-likeness (QED) is 0.835. The molecule has 122 valence electrons. The molecule has 0 aliphatic carbocycles. The fourth-order valence-corrected chi connectivity index (χ4v) is 3.35. The topological polar surface area (TPSA) is 62.5 Å². The van der Waals surface area contributed by atoms with Gasteiger partial charge in [0.2, 0.25) is 11.8 Å². The van der Waals surface area contributed by atoms with Crippen molar-refractivity contribution in [3.05, 3.63) is 11.7 Å². The Morgan fingerprint density at radius 1 is 1.23 bits per heavy atom. The molecule has 2 fully saturated rings. The second kappa shape index (κ2) is 6.77. The number of likely N-dealkylation sites (tertiary alicyclic amines) is 2. The summed E-state index contributed by atoms with van der Waals surface area (Å²) in [6.07, 6.45) is 5.18. The summed E-state index contributed by atoms with van der Waals surface area (Å²) >= 11 is 0. The van der Waals surface area contributed by atoms with E-state index in [9.17, 15) is 4.79 Å². The minimum absolute atomic E-state index is 0.214. The van der Waals surface area contributed by atoms with Crippen LogP contribution < -0.4 is 0 Å². The van der Waals surface area contributed by atoms with Crippen molar-refractivity contribution in [1.82, 2.24) is 19.9 Å². The molecule has 6 heteroatoms. The van der Waals surface area contributed by atoms with Gasteiger partial charge < -0.3 is 9.42 Å². The van der Waals surface area contributed by atoms with E-state index in [0.717, 1.165) is 50.7 Å². The number of hydrogen-bond acceptors (Lipinski definition) is 5. The highest BCUT2D eigenvalue weighted by molar-refractivity contribution is 5.78. The van der Waals surface area contributed by atoms with E-state index in [1.54, 1.807) is 0 Å². The molecule has 0 aromatic carbocycles. The van der Waals surface area contributed by atoms with E-state index in [1.165, 1.54) is 12.8 Å². The molecule has 0 radical (unpaired) electrons. The van der Waals surface area contributed by atoms with Crippen LogP contribution in [-0.2, 0) is 4.79 Å². The Bertz CT molecular complexity index is 514. The first-order valence-electron chi connectivity index (χ1n) is 8.50. The van der Waals surface area contributed by atoms with E-state index < -0.39 is 0 Å². The van der Waals surface area contributed by atoms with Crippen molar-refractivity contribution < 1.29 is 9.32 Å². The first kappa shape index (κ1) is 15.5. The molecule has 6 nitrogen and oxygen atoms in total. The summed E-state index contributed by atoms with van der Waals surface area (Å²) in [5.74, 6) is 2.12. The van der Waals surface area contributed by atoms with Crippen molar-refractivity contribution in [2.45, 2.75) is 57.9 Å². The smallest absolute Gasteiger partial charge is 0.244 e. The number of rotatable bonds is 5. The van der Waals surface area contributed by atoms with Gasteiger partial charge in [-0.15, -0.1) is 0 Å². The standard InChI is InChI=1S/C16H26N4O2/c1-12(2)15-17-16(22-18-15)13-6-3-4-8-19(13)10-11-20-9-5-7-14(20)21/h12-13H,3-11H2,1-2H3/t13-/m1/s1. The van der Waals surface area contributed by atoms with Crippen LogP contribution in [0.5, 0.6) is 0 Å². The van der Waals surface area contributed by atoms with Crippen molar-refractivity contribution in [2.24, 2.45) is 0 Å². The van der Waals surface area contributed by atoms with Crippen molar-refractivity contribution in [3.63, 3.8) is 0 Å². The molecule has 0 N–H and O–H groups in total. The molecule has 2 saturated heterocycles. The van der Waals surface area contributed by atoms with Crippen LogP contribution in [0.1, 0.15) is 69.6 Å². The summed E-state index contributed by atoms with van der Waals surface area (Å²) in [4.78, 5) is 20.7. The van der Waals surface area contributed by atoms with Crippen LogP contribution in [-0.4, -0.2) is 52.0 Å². The van der Waals surface area contributed by atoms with Crippen LogP contribution in [0, 0.1) is 0 Å². The van der Waals surface area contributed by atoms with Crippen LogP contribution in [0.3, 0.4) is 0 Å². The first-order chi connectivity index (χ1) is 10.6. The molecule has 0 bridgehead atoms. The van der Waals surface area contributed by atoms with Gasteiger partial charge in [0.15, 0.2) is 5.82 Å². The van der Waals surface area contributed by atoms with Gasteiger partial charge in [0.1, 0.15) is 0 Å². The van der Waals surface area contributed by atoms with Crippen LogP contribution in [0.4, 0.5) is 0 Å². The van der Waals surface area contributed by atoms with Gasteiger partial charge in [-0.25, -0.2) is 0 Å². The lowest BCUT2D eigenvalue weighted by molar-refractivity contribution is -0.128. The third kappa shape index (κ3) is 3.32. The number of hydrogen-bond donors (Lipinski definition) is 0. The summed E-state index contributed by atoms with van der Waals surface area (Å²) in [6, 6.07) is 0.214. The molecular formula is C16H26N4O2. The summed E-state index contributed by atoms with van der Waals surface area (Å²) in [5.41, 5.74) is 0. The van der Waals surface area contributed by atoms with Crippen LogP contribution in [0.2, 0.25) is 0 Å². The van der Waals surface area contributed by atoms with Gasteiger partial charge in [-0.2, -0.15) is 4.98 Å². The zero-order chi connectivity index (χ0) is 15.5. The minimum atomic E-state index is 0.214. The monoisotopic (exact) mass is 306 g/mol. The highest BCUT2D eigenvalue weighted by Gasteiger charge is 2.30. The SMILES string of the molecule is CC(C)c1noc([C@H]2CCCCN2CCN2CCCC2=O)n1. The predicted octanol–water partition coefficient (Wildman–Crippen LogP) is 2.34. The van der Waals surface area contributed by atoms with Crippen molar-refractivity contribution in [2.75, 3.05) is 26.2 Å². The van der Waals surface area contributed by atoms with E-state index in [-0.39, 0.29) is 12.0 Å². The number of piperidine rings is 1. The maximum atomic E-state index is 11.7. The normalized spacial score (nSPS) is 23.7. The van der Waals surface area contributed by atoms with Gasteiger partial charge in [-0.1, -0.05) is 25.4 Å². The molecule has 0 unspecified atom stereocenters. The Morgan fingerprint density at radius 2 is 2.09 bits per heavy atom. The number of aromatic nitrogens is 2. The molecule has 1 aromatic rings. The third-order valence-corrected chi connectivity index (χ3v) is 4.70. The minimum Gasteiger partial charge on any atom is -0.341 e. The van der Waals surface area contributed by atoms with Crippen LogP contribution in [0.15, 0.2) is 4.52 Å². The Balaban J connectivity index is 1.63. The number of carbonyl (C=O) groups excluding carboxylic acids is 1. The second-order valence-corrected chi connectivity index (χ2v) is 6.68. The fourth-order valence-electron chi connectivity index (χ4n) is 3.35. The first-order valence-corrected chi connectivity index (χ1v) is 8.50. The molecule has 0 spiro atoms. The lowest BCUT2D eigenvalue weighted by atomic mass is 10.0. The molecule has 1 atom stereocenters. The molecule has 0 saturated carbocycles. The van der Waals surface area contributed by atoms with Crippen molar-refractivity contribution in [3.8, 4) is 0 Å². The summed E-state index contributed by atoms with van der Waals surface area (Å²) < 4.78 is 5.51. The number of amides is 1. The van der Waals surface area contributed by atoms with Gasteiger partial charge >= 0.3 is 0 Å². The van der Waals surface area contributed by atoms with Gasteiger partial charge in [0.25, 0.3) is 0 Å². The van der Waals surface area contributed by atoms with Gasteiger partial charge in [0.05, 0.1) is 6.04 Å². The van der Waals surface area contributed by atoms with Crippen molar-refractivity contribution in [1.29, 1.82) is 0 Å². The number of carbonyl (C=O) groups is 1. The highest BCUT2D eigenvalue weighted by atomic mass is 16.5. The maximum absolute atomic E-state index is 11.7. The van der Waals surface area contributed by atoms with E-state index >= 15 is 0 Å². The number of nitrogens with zero attached hydrogens (tertiary/aromatic N) is 4. The fraction of sp³-hybridized carbons (Fsp3) is 0.812. The summed E-state index contributed by atoms with van der Waals surface area (Å²) in [6.45, 7) is 7.83. The molecule has 22 heavy (non-hydrogen) atoms. The Labute approximate surface area is 131 Å². The Hall–Kier alpha value is -1.43. The van der Waals surface area contributed by atoms with Gasteiger partial charge in [0, 0.05) is 32.0 Å². The third-order valence-electron chi connectivity index (χ3n) is 4.70. The average molecular weight is 306 g/mol. The largest absolute Gasteiger partial charge is 0.341 e. The Kier molecular flexibility index (Phi) is 4.76. The van der Waals surface area contributed by atoms with Gasteiger partial charge in [-0.05, 0) is 25.8 Å². The second-order valence-electron chi connectivity index (χ2n) is 6.68. The van der Waals surface area contributed by atoms with E-state index in [0.29, 0.717) is 12.3 Å². The van der Waals surface area contributed by atoms with E-state index in [1.807, 2.05) is 4.90 Å². The molecule has 3 heterocycles. The van der Waals surface area contributed by atoms with E-state index in [2.05, 4.69) is 28.9 Å². The molecule has 1 amide bonds. The molecule has 3 rings (SSSR count). The van der Waals surface area contributed by atoms with Gasteiger partial charge in [-0.3, -0.25) is 9.69 Å². The molecule has 2 aliphatic rings. The van der Waals surface area contributed by atoms with Crippen LogP contribution >= 0.6 is 0 Å². The average Bonchev–Trinajstić information content (AvgIpc) is 3.14. The van der Waals surface area contributed by atoms with E-state index in [4.69, 9.17) is 4.52 Å². The van der Waals surface area contributed by atoms with Crippen molar-refractivity contribution >= 4 is 5.91 Å². The summed E-state index contributed by atoms with van der Waals surface area (Å²) in [7, 11) is 0. The molecular weight excluding hydrogens is 280 g/mol. The highest BCUT2D eigenvalue weighted by Crippen LogP contribution is 2.30.